The van der Waals surface area contributed by atoms with Gasteiger partial charge in [-0.2, -0.15) is 0 Å². The molecule has 1 fully saturated rings. The maximum absolute atomic E-state index is 12.5. The van der Waals surface area contributed by atoms with E-state index in [4.69, 9.17) is 0 Å². The Kier molecular flexibility index (Phi) is 4.91. The lowest BCUT2D eigenvalue weighted by atomic mass is 9.75. The van der Waals surface area contributed by atoms with E-state index in [0.717, 1.165) is 19.4 Å². The van der Waals surface area contributed by atoms with Crippen molar-refractivity contribution in [3.05, 3.63) is 11.6 Å². The normalized spacial score (nSPS) is 21.9. The molecular formula is C16H26N2O3. The smallest absolute Gasteiger partial charge is 0.320 e. The van der Waals surface area contributed by atoms with Crippen LogP contribution in [0.3, 0.4) is 0 Å². The molecular weight excluding hydrogens is 268 g/mol. The average Bonchev–Trinajstić information content (AvgIpc) is 2.47. The molecule has 0 spiro atoms. The molecule has 118 valence electrons. The quantitative estimate of drug-likeness (QED) is 0.814. The van der Waals surface area contributed by atoms with Crippen LogP contribution >= 0.6 is 0 Å². The van der Waals surface area contributed by atoms with Gasteiger partial charge in [0.2, 0.25) is 0 Å². The van der Waals surface area contributed by atoms with Gasteiger partial charge in [0, 0.05) is 26.2 Å². The molecule has 0 atom stereocenters. The molecule has 0 aromatic rings. The lowest BCUT2D eigenvalue weighted by Gasteiger charge is -2.41. The van der Waals surface area contributed by atoms with Crippen LogP contribution in [-0.2, 0) is 4.79 Å². The maximum atomic E-state index is 12.5. The Hall–Kier alpha value is -1.52. The molecule has 1 N–H and O–H groups in total. The summed E-state index contributed by atoms with van der Waals surface area (Å²) in [6.07, 6.45) is 5.82. The van der Waals surface area contributed by atoms with E-state index in [-0.39, 0.29) is 6.03 Å². The van der Waals surface area contributed by atoms with Gasteiger partial charge in [-0.1, -0.05) is 25.0 Å². The van der Waals surface area contributed by atoms with Crippen molar-refractivity contribution in [2.45, 2.75) is 46.0 Å². The third-order valence-corrected chi connectivity index (χ3v) is 4.78. The summed E-state index contributed by atoms with van der Waals surface area (Å²) in [5.41, 5.74) is 0.612. The second kappa shape index (κ2) is 6.50. The molecule has 0 aromatic carbocycles. The summed E-state index contributed by atoms with van der Waals surface area (Å²) in [5, 5.41) is 9.51. The Morgan fingerprint density at radius 1 is 1.24 bits per heavy atom. The highest BCUT2D eigenvalue weighted by Crippen LogP contribution is 2.36. The van der Waals surface area contributed by atoms with Crippen LogP contribution < -0.4 is 0 Å². The molecule has 2 amide bonds. The third kappa shape index (κ3) is 3.39. The fraction of sp³-hybridized carbons (Fsp3) is 0.750. The fourth-order valence-corrected chi connectivity index (χ4v) is 3.45. The van der Waals surface area contributed by atoms with Crippen molar-refractivity contribution in [3.8, 4) is 0 Å². The summed E-state index contributed by atoms with van der Waals surface area (Å²) in [7, 11) is 0. The van der Waals surface area contributed by atoms with Crippen LogP contribution in [0, 0.1) is 5.41 Å². The Morgan fingerprint density at radius 3 is 2.43 bits per heavy atom. The summed E-state index contributed by atoms with van der Waals surface area (Å²) in [6, 6.07) is 0.0675. The molecule has 0 radical (unpaired) electrons. The van der Waals surface area contributed by atoms with Gasteiger partial charge in [0.25, 0.3) is 0 Å². The van der Waals surface area contributed by atoms with Crippen LogP contribution in [0.5, 0.6) is 0 Å². The van der Waals surface area contributed by atoms with Crippen LogP contribution in [0.15, 0.2) is 11.6 Å². The molecule has 21 heavy (non-hydrogen) atoms. The van der Waals surface area contributed by atoms with E-state index in [1.165, 1.54) is 5.57 Å². The minimum absolute atomic E-state index is 0.0675. The van der Waals surface area contributed by atoms with E-state index in [2.05, 4.69) is 6.08 Å². The van der Waals surface area contributed by atoms with Gasteiger partial charge in [-0.15, -0.1) is 0 Å². The molecule has 2 aliphatic heterocycles. The van der Waals surface area contributed by atoms with Gasteiger partial charge in [0.15, 0.2) is 0 Å². The number of nitrogens with zero attached hydrogens (tertiary/aromatic N) is 2. The first-order valence-corrected chi connectivity index (χ1v) is 7.91. The molecule has 0 aromatic heterocycles. The Balaban J connectivity index is 1.95. The van der Waals surface area contributed by atoms with Gasteiger partial charge < -0.3 is 14.9 Å². The predicted molar refractivity (Wildman–Crippen MR) is 81.1 cm³/mol. The predicted octanol–water partition coefficient (Wildman–Crippen LogP) is 2.73. The number of carboxylic acids is 1. The number of carboxylic acid groups (broad SMARTS) is 1. The van der Waals surface area contributed by atoms with Crippen molar-refractivity contribution < 1.29 is 14.7 Å². The highest BCUT2D eigenvalue weighted by atomic mass is 16.4. The number of hydrogen-bond donors (Lipinski definition) is 1. The zero-order valence-electron chi connectivity index (χ0n) is 13.1. The highest BCUT2D eigenvalue weighted by molar-refractivity contribution is 5.77. The summed E-state index contributed by atoms with van der Waals surface area (Å²) in [6.45, 7) is 6.66. The van der Waals surface area contributed by atoms with Crippen molar-refractivity contribution in [2.24, 2.45) is 5.41 Å². The van der Waals surface area contributed by atoms with E-state index >= 15 is 0 Å². The Labute approximate surface area is 126 Å². The number of carbonyl (C=O) groups is 2. The van der Waals surface area contributed by atoms with Gasteiger partial charge in [-0.3, -0.25) is 4.79 Å². The van der Waals surface area contributed by atoms with Crippen LogP contribution in [0.2, 0.25) is 0 Å². The monoisotopic (exact) mass is 294 g/mol. The minimum atomic E-state index is -0.701. The molecule has 0 saturated carbocycles. The average molecular weight is 294 g/mol. The van der Waals surface area contributed by atoms with E-state index in [1.54, 1.807) is 0 Å². The van der Waals surface area contributed by atoms with Crippen LogP contribution in [0.1, 0.15) is 46.0 Å². The van der Waals surface area contributed by atoms with Gasteiger partial charge >= 0.3 is 12.0 Å². The molecule has 1 saturated heterocycles. The van der Waals surface area contributed by atoms with Gasteiger partial charge in [0.1, 0.15) is 0 Å². The first-order chi connectivity index (χ1) is 9.98. The standard InChI is InChI=1S/C16H26N2O3/c1-3-6-16(14(19)20)7-10-17(11-8-16)15(21)18-9-4-5-13(2)12-18/h5H,3-4,6-12H2,1-2H3,(H,19,20). The molecule has 5 heteroatoms. The van der Waals surface area contributed by atoms with E-state index in [0.29, 0.717) is 38.9 Å². The van der Waals surface area contributed by atoms with Crippen LogP contribution in [-0.4, -0.2) is 53.1 Å². The molecule has 0 unspecified atom stereocenters. The zero-order chi connectivity index (χ0) is 15.5. The number of amides is 2. The Morgan fingerprint density at radius 2 is 1.90 bits per heavy atom. The number of hydrogen-bond acceptors (Lipinski definition) is 2. The lowest BCUT2D eigenvalue weighted by molar-refractivity contribution is -0.152. The number of rotatable bonds is 3. The number of carbonyl (C=O) groups excluding carboxylic acids is 1. The van der Waals surface area contributed by atoms with E-state index < -0.39 is 11.4 Å². The lowest BCUT2D eigenvalue weighted by Crippen LogP contribution is -2.51. The second-order valence-corrected chi connectivity index (χ2v) is 6.37. The van der Waals surface area contributed by atoms with Gasteiger partial charge in [-0.25, -0.2) is 4.79 Å². The third-order valence-electron chi connectivity index (χ3n) is 4.78. The number of likely N-dealkylation sites (tertiary alicyclic amines) is 1. The summed E-state index contributed by atoms with van der Waals surface area (Å²) in [5.74, 6) is -0.701. The largest absolute Gasteiger partial charge is 0.481 e. The summed E-state index contributed by atoms with van der Waals surface area (Å²) >= 11 is 0. The molecule has 0 aliphatic carbocycles. The van der Waals surface area contributed by atoms with E-state index in [9.17, 15) is 14.7 Å². The SMILES string of the molecule is CCCC1(C(=O)O)CCN(C(=O)N2CCC=C(C)C2)CC1. The minimum Gasteiger partial charge on any atom is -0.481 e. The maximum Gasteiger partial charge on any atom is 0.320 e. The number of aliphatic carboxylic acids is 1. The second-order valence-electron chi connectivity index (χ2n) is 6.37. The number of piperidine rings is 1. The van der Waals surface area contributed by atoms with Crippen molar-refractivity contribution >= 4 is 12.0 Å². The summed E-state index contributed by atoms with van der Waals surface area (Å²) < 4.78 is 0. The van der Waals surface area contributed by atoms with Crippen LogP contribution in [0.4, 0.5) is 4.79 Å². The molecule has 2 heterocycles. The zero-order valence-corrected chi connectivity index (χ0v) is 13.1. The fourth-order valence-electron chi connectivity index (χ4n) is 3.45. The molecule has 2 rings (SSSR count). The van der Waals surface area contributed by atoms with Gasteiger partial charge in [0.05, 0.1) is 5.41 Å². The van der Waals surface area contributed by atoms with E-state index in [1.807, 2.05) is 23.6 Å². The van der Waals surface area contributed by atoms with Crippen molar-refractivity contribution in [1.29, 1.82) is 0 Å². The molecule has 5 nitrogen and oxygen atoms in total. The number of urea groups is 1. The molecule has 2 aliphatic rings. The molecule has 0 bridgehead atoms. The van der Waals surface area contributed by atoms with Crippen LogP contribution in [0.25, 0.3) is 0 Å². The highest BCUT2D eigenvalue weighted by Gasteiger charge is 2.42. The first kappa shape index (κ1) is 15.9. The topological polar surface area (TPSA) is 60.9 Å². The van der Waals surface area contributed by atoms with Gasteiger partial charge in [-0.05, 0) is 32.6 Å². The van der Waals surface area contributed by atoms with Crippen molar-refractivity contribution in [2.75, 3.05) is 26.2 Å². The van der Waals surface area contributed by atoms with Crippen molar-refractivity contribution in [3.63, 3.8) is 0 Å². The van der Waals surface area contributed by atoms with Crippen molar-refractivity contribution in [1.82, 2.24) is 9.80 Å². The Bertz CT molecular complexity index is 437. The first-order valence-electron chi connectivity index (χ1n) is 7.91. The summed E-state index contributed by atoms with van der Waals surface area (Å²) in [4.78, 5) is 27.8.